The number of pyridine rings is 1. The molecule has 0 radical (unpaired) electrons. The molecule has 0 atom stereocenters. The summed E-state index contributed by atoms with van der Waals surface area (Å²) < 4.78 is 1.19. The van der Waals surface area contributed by atoms with Crippen LogP contribution in [0.1, 0.15) is 17.0 Å². The summed E-state index contributed by atoms with van der Waals surface area (Å²) in [4.78, 5) is 25.6. The highest BCUT2D eigenvalue weighted by Crippen LogP contribution is 2.22. The molecule has 4 rings (SSSR count). The minimum absolute atomic E-state index is 0.243. The third-order valence-electron chi connectivity index (χ3n) is 4.77. The van der Waals surface area contributed by atoms with Gasteiger partial charge in [0.2, 0.25) is 5.91 Å². The first-order valence-corrected chi connectivity index (χ1v) is 9.83. The fraction of sp³-hybridized carbons (Fsp3) is 0.350. The number of amides is 1. The lowest BCUT2D eigenvalue weighted by molar-refractivity contribution is -0.133. The van der Waals surface area contributed by atoms with E-state index in [1.165, 1.54) is 10.3 Å². The van der Waals surface area contributed by atoms with Crippen LogP contribution in [0.4, 0.5) is 0 Å². The zero-order valence-corrected chi connectivity index (χ0v) is 15.5. The van der Waals surface area contributed by atoms with Crippen molar-refractivity contribution in [2.24, 2.45) is 0 Å². The topological polar surface area (TPSA) is 49.3 Å². The van der Waals surface area contributed by atoms with Gasteiger partial charge in [0.15, 0.2) is 0 Å². The molecule has 0 spiro atoms. The van der Waals surface area contributed by atoms with Crippen LogP contribution in [0.5, 0.6) is 0 Å². The number of rotatable bonds is 5. The maximum atomic E-state index is 12.5. The smallest absolute Gasteiger partial charge is 0.223 e. The predicted molar refractivity (Wildman–Crippen MR) is 104 cm³/mol. The van der Waals surface area contributed by atoms with E-state index in [0.29, 0.717) is 6.42 Å². The first-order chi connectivity index (χ1) is 12.8. The van der Waals surface area contributed by atoms with Crippen molar-refractivity contribution in [1.82, 2.24) is 19.8 Å². The van der Waals surface area contributed by atoms with Gasteiger partial charge in [-0.05, 0) is 29.8 Å². The average molecular weight is 366 g/mol. The van der Waals surface area contributed by atoms with Crippen LogP contribution in [0.2, 0.25) is 0 Å². The van der Waals surface area contributed by atoms with E-state index in [4.69, 9.17) is 0 Å². The Balaban J connectivity index is 1.25. The number of carbonyl (C=O) groups is 1. The number of hydrogen-bond donors (Lipinski definition) is 0. The van der Waals surface area contributed by atoms with Crippen molar-refractivity contribution >= 4 is 27.5 Å². The molecule has 0 unspecified atom stereocenters. The van der Waals surface area contributed by atoms with Crippen molar-refractivity contribution < 1.29 is 4.79 Å². The van der Waals surface area contributed by atoms with Crippen molar-refractivity contribution in [3.63, 3.8) is 0 Å². The van der Waals surface area contributed by atoms with Gasteiger partial charge >= 0.3 is 0 Å². The van der Waals surface area contributed by atoms with Crippen molar-refractivity contribution in [3.8, 4) is 0 Å². The van der Waals surface area contributed by atoms with E-state index in [-0.39, 0.29) is 5.91 Å². The van der Waals surface area contributed by atoms with Gasteiger partial charge in [0, 0.05) is 58.0 Å². The van der Waals surface area contributed by atoms with E-state index >= 15 is 0 Å². The minimum Gasteiger partial charge on any atom is -0.340 e. The molecule has 1 aliphatic rings. The molecule has 5 nitrogen and oxygen atoms in total. The number of aromatic nitrogens is 2. The Hall–Kier alpha value is -2.31. The van der Waals surface area contributed by atoms with E-state index in [0.717, 1.165) is 49.7 Å². The lowest BCUT2D eigenvalue weighted by atomic mass is 10.2. The van der Waals surface area contributed by atoms with E-state index < -0.39 is 0 Å². The summed E-state index contributed by atoms with van der Waals surface area (Å²) in [7, 11) is 0. The number of hydrogen-bond acceptors (Lipinski definition) is 5. The molecule has 6 heteroatoms. The SMILES string of the molecule is O=C(CCc1nc2ccccc2s1)N1CCN(Cc2ccncc2)CC1. The Labute approximate surface area is 157 Å². The Morgan fingerprint density at radius 2 is 1.81 bits per heavy atom. The number of aryl methyl sites for hydroxylation is 1. The van der Waals surface area contributed by atoms with Gasteiger partial charge in [0.1, 0.15) is 0 Å². The molecule has 1 aliphatic heterocycles. The molecule has 0 aliphatic carbocycles. The third-order valence-corrected chi connectivity index (χ3v) is 5.87. The number of benzene rings is 1. The fourth-order valence-corrected chi connectivity index (χ4v) is 4.27. The van der Waals surface area contributed by atoms with Gasteiger partial charge in [-0.3, -0.25) is 14.7 Å². The highest BCUT2D eigenvalue weighted by atomic mass is 32.1. The molecule has 1 fully saturated rings. The monoisotopic (exact) mass is 366 g/mol. The largest absolute Gasteiger partial charge is 0.340 e. The van der Waals surface area contributed by atoms with Crippen LogP contribution in [0, 0.1) is 0 Å². The van der Waals surface area contributed by atoms with Crippen molar-refractivity contribution in [1.29, 1.82) is 0 Å². The number of carbonyl (C=O) groups excluding carboxylic acids is 1. The quantitative estimate of drug-likeness (QED) is 0.697. The zero-order valence-electron chi connectivity index (χ0n) is 14.7. The third kappa shape index (κ3) is 4.08. The lowest BCUT2D eigenvalue weighted by Crippen LogP contribution is -2.48. The fourth-order valence-electron chi connectivity index (χ4n) is 3.30. The summed E-state index contributed by atoms with van der Waals surface area (Å²) in [5.74, 6) is 0.243. The maximum absolute atomic E-state index is 12.5. The standard InChI is InChI=1S/C20H22N4OS/c25-20(6-5-19-22-17-3-1-2-4-18(17)26-19)24-13-11-23(12-14-24)15-16-7-9-21-10-8-16/h1-4,7-10H,5-6,11-15H2. The average Bonchev–Trinajstić information content (AvgIpc) is 3.10. The summed E-state index contributed by atoms with van der Waals surface area (Å²) in [5, 5.41) is 1.05. The number of piperazine rings is 1. The van der Waals surface area contributed by atoms with Crippen LogP contribution < -0.4 is 0 Å². The molecular weight excluding hydrogens is 344 g/mol. The number of para-hydroxylation sites is 1. The van der Waals surface area contributed by atoms with Crippen molar-refractivity contribution in [2.45, 2.75) is 19.4 Å². The number of fused-ring (bicyclic) bond motifs is 1. The number of nitrogens with zero attached hydrogens (tertiary/aromatic N) is 4. The molecule has 2 aromatic heterocycles. The van der Waals surface area contributed by atoms with Crippen molar-refractivity contribution in [2.75, 3.05) is 26.2 Å². The van der Waals surface area contributed by atoms with E-state index in [9.17, 15) is 4.79 Å². The molecule has 0 N–H and O–H groups in total. The Kier molecular flexibility index (Phi) is 5.22. The van der Waals surface area contributed by atoms with E-state index in [1.807, 2.05) is 35.5 Å². The van der Waals surface area contributed by atoms with E-state index in [1.54, 1.807) is 11.3 Å². The number of thiazole rings is 1. The van der Waals surface area contributed by atoms with Crippen LogP contribution in [-0.4, -0.2) is 51.9 Å². The molecule has 3 aromatic rings. The second kappa shape index (κ2) is 7.93. The van der Waals surface area contributed by atoms with Gasteiger partial charge in [-0.25, -0.2) is 4.98 Å². The molecule has 1 aromatic carbocycles. The molecule has 1 saturated heterocycles. The summed E-state index contributed by atoms with van der Waals surface area (Å²) >= 11 is 1.69. The molecule has 26 heavy (non-hydrogen) atoms. The van der Waals surface area contributed by atoms with Crippen LogP contribution >= 0.6 is 11.3 Å². The summed E-state index contributed by atoms with van der Waals surface area (Å²) in [6.07, 6.45) is 4.94. The summed E-state index contributed by atoms with van der Waals surface area (Å²) in [5.41, 5.74) is 2.31. The molecule has 134 valence electrons. The summed E-state index contributed by atoms with van der Waals surface area (Å²) in [6.45, 7) is 4.40. The van der Waals surface area contributed by atoms with Gasteiger partial charge in [-0.1, -0.05) is 12.1 Å². The first-order valence-electron chi connectivity index (χ1n) is 9.01. The Morgan fingerprint density at radius 1 is 1.04 bits per heavy atom. The second-order valence-corrected chi connectivity index (χ2v) is 7.70. The normalized spacial score (nSPS) is 15.5. The van der Waals surface area contributed by atoms with Crippen LogP contribution in [0.15, 0.2) is 48.8 Å². The van der Waals surface area contributed by atoms with Crippen LogP contribution in [0.25, 0.3) is 10.2 Å². The van der Waals surface area contributed by atoms with E-state index in [2.05, 4.69) is 33.1 Å². The van der Waals surface area contributed by atoms with Gasteiger partial charge < -0.3 is 4.90 Å². The van der Waals surface area contributed by atoms with Crippen LogP contribution in [-0.2, 0) is 17.8 Å². The predicted octanol–water partition coefficient (Wildman–Crippen LogP) is 2.97. The molecule has 3 heterocycles. The summed E-state index contributed by atoms with van der Waals surface area (Å²) in [6, 6.07) is 12.2. The molecule has 0 bridgehead atoms. The lowest BCUT2D eigenvalue weighted by Gasteiger charge is -2.34. The Bertz CT molecular complexity index is 839. The Morgan fingerprint density at radius 3 is 2.58 bits per heavy atom. The molecular formula is C20H22N4OS. The second-order valence-electron chi connectivity index (χ2n) is 6.59. The van der Waals surface area contributed by atoms with Crippen molar-refractivity contribution in [3.05, 3.63) is 59.4 Å². The minimum atomic E-state index is 0.243. The van der Waals surface area contributed by atoms with Gasteiger partial charge in [-0.15, -0.1) is 11.3 Å². The highest BCUT2D eigenvalue weighted by Gasteiger charge is 2.21. The van der Waals surface area contributed by atoms with Gasteiger partial charge in [-0.2, -0.15) is 0 Å². The maximum Gasteiger partial charge on any atom is 0.223 e. The molecule has 0 saturated carbocycles. The van der Waals surface area contributed by atoms with Gasteiger partial charge in [0.05, 0.1) is 15.2 Å². The highest BCUT2D eigenvalue weighted by molar-refractivity contribution is 7.18. The van der Waals surface area contributed by atoms with Gasteiger partial charge in [0.25, 0.3) is 0 Å². The molecule has 1 amide bonds. The first kappa shape index (κ1) is 17.1. The van der Waals surface area contributed by atoms with Crippen LogP contribution in [0.3, 0.4) is 0 Å². The zero-order chi connectivity index (χ0) is 17.8.